The lowest BCUT2D eigenvalue weighted by Crippen LogP contribution is -2.20. The molecule has 0 unspecified atom stereocenters. The van der Waals surface area contributed by atoms with Crippen molar-refractivity contribution in [2.45, 2.75) is 12.5 Å². The quantitative estimate of drug-likeness (QED) is 0.391. The van der Waals surface area contributed by atoms with Crippen LogP contribution >= 0.6 is 11.6 Å². The molecule has 134 valence electrons. The molecule has 3 heterocycles. The monoisotopic (exact) mass is 378 g/mol. The highest BCUT2D eigenvalue weighted by molar-refractivity contribution is 6.33. The molecule has 26 heavy (non-hydrogen) atoms. The number of nitrogens with zero attached hydrogens (tertiary/aromatic N) is 4. The van der Waals surface area contributed by atoms with Crippen molar-refractivity contribution < 1.29 is 23.4 Å². The first kappa shape index (κ1) is 16.8. The van der Waals surface area contributed by atoms with E-state index in [0.29, 0.717) is 5.56 Å². The largest absolute Gasteiger partial charge is 0.457 e. The Hall–Kier alpha value is -2.62. The minimum Gasteiger partial charge on any atom is -0.457 e. The van der Waals surface area contributed by atoms with E-state index in [4.69, 9.17) is 25.8 Å². The van der Waals surface area contributed by atoms with Crippen LogP contribution in [0.25, 0.3) is 11.2 Å². The molecule has 1 aromatic carbocycles. The lowest BCUT2D eigenvalue weighted by molar-refractivity contribution is -0.102. The molecule has 1 fully saturated rings. The summed E-state index contributed by atoms with van der Waals surface area (Å²) in [4.78, 5) is 23.1. The highest BCUT2D eigenvalue weighted by Gasteiger charge is 2.30. The summed E-state index contributed by atoms with van der Waals surface area (Å²) in [5.74, 6) is -0.476. The molecule has 0 N–H and O–H groups in total. The van der Waals surface area contributed by atoms with Crippen molar-refractivity contribution in [2.24, 2.45) is 0 Å². The molecular formula is C16H12ClFN4O4. The summed E-state index contributed by atoms with van der Waals surface area (Å²) in [6.45, 7) is 0.0726. The number of halogens is 2. The van der Waals surface area contributed by atoms with Crippen molar-refractivity contribution in [2.75, 3.05) is 13.2 Å². The number of carbonyl (C=O) groups excluding carboxylic acids is 1. The van der Waals surface area contributed by atoms with Crippen molar-refractivity contribution in [3.05, 3.63) is 53.5 Å². The Morgan fingerprint density at radius 1 is 1.35 bits per heavy atom. The third-order valence-corrected chi connectivity index (χ3v) is 4.02. The first-order chi connectivity index (χ1) is 12.6. The summed E-state index contributed by atoms with van der Waals surface area (Å²) in [7, 11) is 0. The number of aromatic nitrogens is 4. The van der Waals surface area contributed by atoms with E-state index in [1.807, 2.05) is 0 Å². The average molecular weight is 379 g/mol. The van der Waals surface area contributed by atoms with Gasteiger partial charge in [-0.05, 0) is 12.1 Å². The van der Waals surface area contributed by atoms with Crippen LogP contribution in [-0.2, 0) is 14.2 Å². The number of hydrogen-bond acceptors (Lipinski definition) is 7. The van der Waals surface area contributed by atoms with Crippen LogP contribution in [0.3, 0.4) is 0 Å². The lowest BCUT2D eigenvalue weighted by Gasteiger charge is -2.13. The lowest BCUT2D eigenvalue weighted by atomic mass is 10.2. The summed E-state index contributed by atoms with van der Waals surface area (Å²) in [6.07, 6.45) is -0.911. The fourth-order valence-corrected chi connectivity index (χ4v) is 2.75. The van der Waals surface area contributed by atoms with Gasteiger partial charge in [0.2, 0.25) is 0 Å². The standard InChI is InChI=1S/C16H12ClFN4O4/c17-13-12-14(21-16(18)20-13)22(8-19-12)10-6-24-11(26-10)7-25-15(23)9-4-2-1-3-5-9/h1-5,8,10-11H,6-7H2/t10-,11-/m0/s1. The van der Waals surface area contributed by atoms with E-state index in [9.17, 15) is 9.18 Å². The SMILES string of the molecule is O=C(OC[C@H]1OC[C@@H](n2cnc3c(Cl)nc(F)nc32)O1)c1ccccc1. The molecule has 10 heteroatoms. The first-order valence-electron chi connectivity index (χ1n) is 7.66. The van der Waals surface area contributed by atoms with Crippen LogP contribution < -0.4 is 0 Å². The van der Waals surface area contributed by atoms with Gasteiger partial charge in [0.25, 0.3) is 0 Å². The molecule has 1 aliphatic rings. The summed E-state index contributed by atoms with van der Waals surface area (Å²) in [6, 6.07) is 8.59. The third-order valence-electron chi connectivity index (χ3n) is 3.76. The number of ether oxygens (including phenoxy) is 3. The fourth-order valence-electron chi connectivity index (χ4n) is 2.55. The van der Waals surface area contributed by atoms with Gasteiger partial charge < -0.3 is 14.2 Å². The second kappa shape index (κ2) is 6.94. The number of imidazole rings is 1. The van der Waals surface area contributed by atoms with Gasteiger partial charge in [-0.15, -0.1) is 0 Å². The van der Waals surface area contributed by atoms with Crippen molar-refractivity contribution >= 4 is 28.7 Å². The Bertz CT molecular complexity index is 952. The molecule has 2 atom stereocenters. The summed E-state index contributed by atoms with van der Waals surface area (Å²) >= 11 is 5.86. The van der Waals surface area contributed by atoms with Crippen LogP contribution in [0, 0.1) is 6.08 Å². The maximum Gasteiger partial charge on any atom is 0.338 e. The minimum atomic E-state index is -0.962. The number of esters is 1. The topological polar surface area (TPSA) is 88.4 Å². The minimum absolute atomic E-state index is 0.0824. The second-order valence-corrected chi connectivity index (χ2v) is 5.78. The summed E-state index contributed by atoms with van der Waals surface area (Å²) < 4.78 is 31.2. The zero-order chi connectivity index (χ0) is 18.1. The van der Waals surface area contributed by atoms with Gasteiger partial charge in [0.1, 0.15) is 12.1 Å². The normalized spacial score (nSPS) is 19.8. The molecule has 0 aliphatic carbocycles. The van der Waals surface area contributed by atoms with Gasteiger partial charge in [0.15, 0.2) is 23.3 Å². The average Bonchev–Trinajstić information content (AvgIpc) is 3.27. The molecule has 2 aromatic heterocycles. The Morgan fingerprint density at radius 3 is 2.96 bits per heavy atom. The van der Waals surface area contributed by atoms with Gasteiger partial charge in [-0.25, -0.2) is 9.78 Å². The Kier molecular flexibility index (Phi) is 4.49. The molecule has 1 saturated heterocycles. The smallest absolute Gasteiger partial charge is 0.338 e. The maximum absolute atomic E-state index is 13.4. The number of fused-ring (bicyclic) bond motifs is 1. The van der Waals surface area contributed by atoms with E-state index in [0.717, 1.165) is 0 Å². The van der Waals surface area contributed by atoms with Crippen LogP contribution in [0.1, 0.15) is 16.6 Å². The van der Waals surface area contributed by atoms with Crippen LogP contribution in [0.15, 0.2) is 36.7 Å². The molecular weight excluding hydrogens is 367 g/mol. The van der Waals surface area contributed by atoms with E-state index in [2.05, 4.69) is 15.0 Å². The molecule has 0 amide bonds. The Balaban J connectivity index is 1.42. The third kappa shape index (κ3) is 3.24. The van der Waals surface area contributed by atoms with E-state index in [1.54, 1.807) is 30.3 Å². The fraction of sp³-hybridized carbons (Fsp3) is 0.250. The molecule has 8 nitrogen and oxygen atoms in total. The number of rotatable bonds is 4. The highest BCUT2D eigenvalue weighted by atomic mass is 35.5. The van der Waals surface area contributed by atoms with Crippen molar-refractivity contribution in [3.8, 4) is 0 Å². The van der Waals surface area contributed by atoms with Gasteiger partial charge in [0.05, 0.1) is 18.5 Å². The molecule has 0 radical (unpaired) electrons. The molecule has 0 spiro atoms. The zero-order valence-electron chi connectivity index (χ0n) is 13.2. The number of carbonyl (C=O) groups is 1. The Morgan fingerprint density at radius 2 is 2.15 bits per heavy atom. The number of hydrogen-bond donors (Lipinski definition) is 0. The van der Waals surface area contributed by atoms with E-state index in [-0.39, 0.29) is 29.5 Å². The predicted molar refractivity (Wildman–Crippen MR) is 86.9 cm³/mol. The van der Waals surface area contributed by atoms with Crippen molar-refractivity contribution in [1.29, 1.82) is 0 Å². The molecule has 0 bridgehead atoms. The number of benzene rings is 1. The van der Waals surface area contributed by atoms with Crippen LogP contribution in [0.5, 0.6) is 0 Å². The molecule has 3 aromatic rings. The highest BCUT2D eigenvalue weighted by Crippen LogP contribution is 2.27. The predicted octanol–water partition coefficient (Wildman–Crippen LogP) is 2.35. The first-order valence-corrected chi connectivity index (χ1v) is 8.04. The second-order valence-electron chi connectivity index (χ2n) is 5.43. The zero-order valence-corrected chi connectivity index (χ0v) is 14.0. The van der Waals surface area contributed by atoms with Crippen molar-refractivity contribution in [1.82, 2.24) is 19.5 Å². The van der Waals surface area contributed by atoms with Gasteiger partial charge in [-0.2, -0.15) is 14.4 Å². The van der Waals surface area contributed by atoms with Crippen LogP contribution in [0.2, 0.25) is 5.15 Å². The summed E-state index contributed by atoms with van der Waals surface area (Å²) in [5, 5.41) is -0.0847. The molecule has 1 aliphatic heterocycles. The van der Waals surface area contributed by atoms with E-state index >= 15 is 0 Å². The molecule has 0 saturated carbocycles. The van der Waals surface area contributed by atoms with Gasteiger partial charge in [-0.1, -0.05) is 29.8 Å². The van der Waals surface area contributed by atoms with Gasteiger partial charge in [-0.3, -0.25) is 4.57 Å². The van der Waals surface area contributed by atoms with E-state index < -0.39 is 24.6 Å². The van der Waals surface area contributed by atoms with Crippen LogP contribution in [-0.4, -0.2) is 45.0 Å². The van der Waals surface area contributed by atoms with Gasteiger partial charge >= 0.3 is 12.0 Å². The molecule has 4 rings (SSSR count). The van der Waals surface area contributed by atoms with Crippen LogP contribution in [0.4, 0.5) is 4.39 Å². The Labute approximate surface area is 151 Å². The summed E-state index contributed by atoms with van der Waals surface area (Å²) in [5.41, 5.74) is 0.887. The van der Waals surface area contributed by atoms with E-state index in [1.165, 1.54) is 10.9 Å². The maximum atomic E-state index is 13.4. The van der Waals surface area contributed by atoms with Gasteiger partial charge in [0, 0.05) is 0 Å². The van der Waals surface area contributed by atoms with Crippen molar-refractivity contribution in [3.63, 3.8) is 0 Å².